The van der Waals surface area contributed by atoms with E-state index in [1.165, 1.54) is 4.88 Å². The zero-order valence-corrected chi connectivity index (χ0v) is 24.8. The van der Waals surface area contributed by atoms with Crippen molar-refractivity contribution in [2.24, 2.45) is 16.3 Å². The van der Waals surface area contributed by atoms with E-state index < -0.39 is 0 Å². The quantitative estimate of drug-likeness (QED) is 0.284. The first-order chi connectivity index (χ1) is 16.6. The number of rotatable bonds is 5. The molecule has 2 aromatic carbocycles. The number of benzene rings is 2. The summed E-state index contributed by atoms with van der Waals surface area (Å²) in [7, 11) is 1.63. The lowest BCUT2D eigenvalue weighted by atomic mass is 9.72. The summed E-state index contributed by atoms with van der Waals surface area (Å²) in [6.07, 6.45) is 4.67. The summed E-state index contributed by atoms with van der Waals surface area (Å²) in [5, 5.41) is 4.38. The Morgan fingerprint density at radius 3 is 2.60 bits per heavy atom. The number of carbonyl (C=O) groups excluding carboxylic acids is 1. The van der Waals surface area contributed by atoms with Gasteiger partial charge >= 0.3 is 0 Å². The number of nitrogens with zero attached hydrogens (tertiary/aromatic N) is 1. The van der Waals surface area contributed by atoms with E-state index in [9.17, 15) is 4.79 Å². The molecule has 0 saturated carbocycles. The van der Waals surface area contributed by atoms with Crippen LogP contribution < -0.4 is 10.1 Å². The molecule has 0 unspecified atom stereocenters. The SMILES string of the molecule is COc1c(Br)cc(Br)cc1C=Nc1sc2c(c1C(=O)Nc1ccc(Cl)cc1)CC[C@@H](C(C)(C)C)C2. The van der Waals surface area contributed by atoms with Crippen molar-refractivity contribution in [3.05, 3.63) is 71.9 Å². The van der Waals surface area contributed by atoms with E-state index >= 15 is 0 Å². The number of anilines is 1. The molecule has 4 rings (SSSR count). The number of fused-ring (bicyclic) bond motifs is 1. The highest BCUT2D eigenvalue weighted by Crippen LogP contribution is 2.45. The fourth-order valence-corrected chi connectivity index (χ4v) is 7.20. The summed E-state index contributed by atoms with van der Waals surface area (Å²) < 4.78 is 7.31. The van der Waals surface area contributed by atoms with Crippen molar-refractivity contribution in [1.82, 2.24) is 0 Å². The van der Waals surface area contributed by atoms with Gasteiger partial charge < -0.3 is 10.1 Å². The van der Waals surface area contributed by atoms with Crippen LogP contribution in [0.4, 0.5) is 10.7 Å². The molecule has 1 aliphatic carbocycles. The monoisotopic (exact) mass is 636 g/mol. The van der Waals surface area contributed by atoms with E-state index in [-0.39, 0.29) is 11.3 Å². The minimum atomic E-state index is -0.145. The first kappa shape index (κ1) is 26.4. The van der Waals surface area contributed by atoms with E-state index in [1.54, 1.807) is 36.8 Å². The van der Waals surface area contributed by atoms with Crippen molar-refractivity contribution in [3.63, 3.8) is 0 Å². The maximum Gasteiger partial charge on any atom is 0.259 e. The van der Waals surface area contributed by atoms with Crippen molar-refractivity contribution in [1.29, 1.82) is 0 Å². The Labute approximate surface area is 232 Å². The number of hydrogen-bond acceptors (Lipinski definition) is 4. The van der Waals surface area contributed by atoms with Gasteiger partial charge in [-0.05, 0) is 88.5 Å². The molecule has 0 fully saturated rings. The number of aliphatic imine (C=N–C) groups is 1. The third-order valence-corrected chi connectivity index (χ3v) is 8.82. The highest BCUT2D eigenvalue weighted by atomic mass is 79.9. The Bertz CT molecular complexity index is 1280. The molecule has 0 saturated heterocycles. The number of hydrogen-bond donors (Lipinski definition) is 1. The molecule has 1 amide bonds. The number of nitrogens with one attached hydrogen (secondary N) is 1. The number of halogens is 3. The van der Waals surface area contributed by atoms with Crippen LogP contribution in [0.3, 0.4) is 0 Å². The minimum absolute atomic E-state index is 0.145. The maximum atomic E-state index is 13.5. The lowest BCUT2D eigenvalue weighted by Crippen LogP contribution is -2.27. The molecule has 0 aliphatic heterocycles. The van der Waals surface area contributed by atoms with Crippen LogP contribution in [0.25, 0.3) is 0 Å². The lowest BCUT2D eigenvalue weighted by molar-refractivity contribution is 0.102. The number of thiophene rings is 1. The average molecular weight is 639 g/mol. The molecular formula is C27H27Br2ClN2O2S. The van der Waals surface area contributed by atoms with Crippen LogP contribution in [0.15, 0.2) is 50.3 Å². The zero-order valence-electron chi connectivity index (χ0n) is 20.0. The van der Waals surface area contributed by atoms with Crippen LogP contribution in [0.2, 0.25) is 5.02 Å². The van der Waals surface area contributed by atoms with Crippen molar-refractivity contribution in [3.8, 4) is 5.75 Å². The molecule has 4 nitrogen and oxygen atoms in total. The number of methoxy groups -OCH3 is 1. The average Bonchev–Trinajstić information content (AvgIpc) is 3.16. The molecule has 0 bridgehead atoms. The Hall–Kier alpha value is -1.67. The molecule has 1 N–H and O–H groups in total. The van der Waals surface area contributed by atoms with E-state index in [0.29, 0.717) is 32.9 Å². The first-order valence-corrected chi connectivity index (χ1v) is 14.1. The van der Waals surface area contributed by atoms with E-state index in [4.69, 9.17) is 21.3 Å². The van der Waals surface area contributed by atoms with Crippen LogP contribution >= 0.6 is 54.8 Å². The van der Waals surface area contributed by atoms with Gasteiger partial charge in [0.1, 0.15) is 10.8 Å². The van der Waals surface area contributed by atoms with Gasteiger partial charge in [-0.2, -0.15) is 0 Å². The molecule has 3 aromatic rings. The fourth-order valence-electron chi connectivity index (χ4n) is 4.38. The van der Waals surface area contributed by atoms with Crippen molar-refractivity contribution >= 4 is 77.6 Å². The van der Waals surface area contributed by atoms with Crippen LogP contribution in [0.1, 0.15) is 53.6 Å². The molecule has 1 aliphatic rings. The Morgan fingerprint density at radius 2 is 1.94 bits per heavy atom. The van der Waals surface area contributed by atoms with Gasteiger partial charge in [0, 0.05) is 31.8 Å². The molecule has 1 atom stereocenters. The van der Waals surface area contributed by atoms with Gasteiger partial charge in [-0.15, -0.1) is 11.3 Å². The van der Waals surface area contributed by atoms with Gasteiger partial charge in [0.25, 0.3) is 5.91 Å². The van der Waals surface area contributed by atoms with Gasteiger partial charge in [-0.25, -0.2) is 4.99 Å². The van der Waals surface area contributed by atoms with E-state index in [2.05, 4.69) is 57.9 Å². The Balaban J connectivity index is 1.75. The Morgan fingerprint density at radius 1 is 1.23 bits per heavy atom. The first-order valence-electron chi connectivity index (χ1n) is 11.4. The van der Waals surface area contributed by atoms with E-state index in [0.717, 1.165) is 39.3 Å². The van der Waals surface area contributed by atoms with Crippen LogP contribution in [-0.2, 0) is 12.8 Å². The molecule has 35 heavy (non-hydrogen) atoms. The molecule has 0 spiro atoms. The van der Waals surface area contributed by atoms with Gasteiger partial charge in [0.2, 0.25) is 0 Å². The summed E-state index contributed by atoms with van der Waals surface area (Å²) in [6, 6.07) is 11.0. The second-order valence-corrected chi connectivity index (χ2v) is 13.0. The van der Waals surface area contributed by atoms with Crippen molar-refractivity contribution < 1.29 is 9.53 Å². The number of ether oxygens (including phenoxy) is 1. The maximum absolute atomic E-state index is 13.5. The van der Waals surface area contributed by atoms with Gasteiger partial charge in [-0.1, -0.05) is 48.3 Å². The van der Waals surface area contributed by atoms with Gasteiger partial charge in [0.05, 0.1) is 17.1 Å². The smallest absolute Gasteiger partial charge is 0.259 e. The molecule has 1 heterocycles. The minimum Gasteiger partial charge on any atom is -0.495 e. The lowest BCUT2D eigenvalue weighted by Gasteiger charge is -2.33. The summed E-state index contributed by atoms with van der Waals surface area (Å²) in [5.74, 6) is 1.12. The third-order valence-electron chi connectivity index (χ3n) is 6.36. The summed E-state index contributed by atoms with van der Waals surface area (Å²) in [4.78, 5) is 19.6. The largest absolute Gasteiger partial charge is 0.495 e. The normalized spacial score (nSPS) is 15.8. The molecule has 0 radical (unpaired) electrons. The summed E-state index contributed by atoms with van der Waals surface area (Å²) in [6.45, 7) is 6.88. The Kier molecular flexibility index (Phi) is 8.11. The second kappa shape index (κ2) is 10.8. The highest BCUT2D eigenvalue weighted by Gasteiger charge is 2.33. The van der Waals surface area contributed by atoms with Crippen molar-refractivity contribution in [2.45, 2.75) is 40.0 Å². The van der Waals surface area contributed by atoms with E-state index in [1.807, 2.05) is 24.3 Å². The molecule has 1 aromatic heterocycles. The topological polar surface area (TPSA) is 50.7 Å². The van der Waals surface area contributed by atoms with Crippen LogP contribution in [0.5, 0.6) is 5.75 Å². The molecular weight excluding hydrogens is 612 g/mol. The highest BCUT2D eigenvalue weighted by molar-refractivity contribution is 9.11. The standard InChI is InChI=1S/C27H27Br2ClN2O2S/c1-27(2,3)16-5-10-20-22(12-16)35-26(23(20)25(33)32-19-8-6-18(30)7-9-19)31-14-15-11-17(28)13-21(29)24(15)34-4/h6-9,11,13-14,16H,5,10,12H2,1-4H3,(H,32,33)/t16-/m1/s1. The van der Waals surface area contributed by atoms with Gasteiger partial charge in [-0.3, -0.25) is 4.79 Å². The molecule has 8 heteroatoms. The van der Waals surface area contributed by atoms with Gasteiger partial charge in [0.15, 0.2) is 0 Å². The predicted molar refractivity (Wildman–Crippen MR) is 154 cm³/mol. The fraction of sp³-hybridized carbons (Fsp3) is 0.333. The summed E-state index contributed by atoms with van der Waals surface area (Å²) in [5.41, 5.74) is 3.52. The number of carbonyl (C=O) groups is 1. The third kappa shape index (κ3) is 6.01. The van der Waals surface area contributed by atoms with Crippen LogP contribution in [-0.4, -0.2) is 19.2 Å². The number of amides is 1. The second-order valence-electron chi connectivity index (χ2n) is 9.72. The molecule has 184 valence electrons. The predicted octanol–water partition coefficient (Wildman–Crippen LogP) is 9.09. The zero-order chi connectivity index (χ0) is 25.3. The van der Waals surface area contributed by atoms with Crippen LogP contribution in [0, 0.1) is 11.3 Å². The van der Waals surface area contributed by atoms with Crippen molar-refractivity contribution in [2.75, 3.05) is 12.4 Å². The summed E-state index contributed by atoms with van der Waals surface area (Å²) >= 11 is 14.7.